The average Bonchev–Trinajstić information content (AvgIpc) is 3.68. The van der Waals surface area contributed by atoms with Crippen LogP contribution in [0, 0.1) is 0 Å². The molecule has 2 aromatic carbocycles. The van der Waals surface area contributed by atoms with Gasteiger partial charge in [-0.1, -0.05) is 42.5 Å². The Balaban J connectivity index is 0.000000205. The van der Waals surface area contributed by atoms with Crippen molar-refractivity contribution in [2.75, 3.05) is 64.1 Å². The van der Waals surface area contributed by atoms with Gasteiger partial charge in [0.05, 0.1) is 55.9 Å². The summed E-state index contributed by atoms with van der Waals surface area (Å²) in [7, 11) is 7.70. The number of aryl methyl sites for hydroxylation is 2. The molecule has 0 atom stereocenters. The molecule has 11 heteroatoms. The molecule has 254 valence electrons. The standard InChI is InChI=1S/C24H19N3O2.C14H24N4O2/c1-27-15-21(13-22(27)16-28)26-24(29)19-10-8-17(9-11-19)6-7-18-12-20-4-2-3-5-23(20)25-14-18;1-15-12-10-13(17(2)11-12)14(19)16-4-5-18(3)6-8-20-9-7-18/h2-16H,1H3,(H,26,29);10-11,15H,4-9H2,1-3H3/p+1/b7-6+;. The molecule has 3 aromatic heterocycles. The van der Waals surface area contributed by atoms with Crippen LogP contribution in [0.3, 0.4) is 0 Å². The van der Waals surface area contributed by atoms with Gasteiger partial charge in [0, 0.05) is 50.7 Å². The zero-order valence-electron chi connectivity index (χ0n) is 28.5. The van der Waals surface area contributed by atoms with Crippen LogP contribution in [0.5, 0.6) is 0 Å². The fraction of sp³-hybridized carbons (Fsp3) is 0.263. The van der Waals surface area contributed by atoms with E-state index >= 15 is 0 Å². The second-order valence-electron chi connectivity index (χ2n) is 12.4. The maximum Gasteiger partial charge on any atom is 0.268 e. The average molecular weight is 663 g/mol. The first-order chi connectivity index (χ1) is 23.7. The highest BCUT2D eigenvalue weighted by atomic mass is 16.5. The van der Waals surface area contributed by atoms with Crippen molar-refractivity contribution in [3.8, 4) is 0 Å². The lowest BCUT2D eigenvalue weighted by atomic mass is 10.1. The maximum atomic E-state index is 12.4. The Labute approximate surface area is 286 Å². The number of likely N-dealkylation sites (N-methyl/N-ethyl adjacent to an activating group) is 1. The Kier molecular flexibility index (Phi) is 11.4. The molecule has 11 nitrogen and oxygen atoms in total. The molecular weight excluding hydrogens is 618 g/mol. The summed E-state index contributed by atoms with van der Waals surface area (Å²) >= 11 is 0. The van der Waals surface area contributed by atoms with Crippen LogP contribution in [0.25, 0.3) is 23.1 Å². The molecule has 2 amide bonds. The number of aromatic nitrogens is 3. The monoisotopic (exact) mass is 662 g/mol. The quantitative estimate of drug-likeness (QED) is 0.142. The molecule has 0 unspecified atom stereocenters. The van der Waals surface area contributed by atoms with Crippen LogP contribution in [0.4, 0.5) is 11.4 Å². The number of rotatable bonds is 10. The summed E-state index contributed by atoms with van der Waals surface area (Å²) in [4.78, 5) is 39.9. The molecule has 0 aliphatic carbocycles. The number of benzene rings is 2. The van der Waals surface area contributed by atoms with Gasteiger partial charge in [-0.2, -0.15) is 0 Å². The van der Waals surface area contributed by atoms with E-state index in [1.165, 1.54) is 0 Å². The van der Waals surface area contributed by atoms with E-state index in [1.807, 2.05) is 85.7 Å². The number of carbonyl (C=O) groups excluding carboxylic acids is 3. The van der Waals surface area contributed by atoms with E-state index in [2.05, 4.69) is 34.0 Å². The number of quaternary nitrogens is 1. The SMILES string of the molecule is CNc1cc(C(=O)NCC[N+]2(C)CCOCC2)n(C)c1.Cn1cc(NC(=O)c2ccc(/C=C/c3cnc4ccccc4c3)cc2)cc1C=O. The molecule has 0 saturated carbocycles. The van der Waals surface area contributed by atoms with Crippen molar-refractivity contribution in [2.24, 2.45) is 14.1 Å². The second-order valence-corrected chi connectivity index (χ2v) is 12.4. The lowest BCUT2D eigenvalue weighted by Crippen LogP contribution is -2.54. The highest BCUT2D eigenvalue weighted by Gasteiger charge is 2.25. The molecule has 1 aliphatic rings. The van der Waals surface area contributed by atoms with Gasteiger partial charge in [-0.25, -0.2) is 0 Å². The lowest BCUT2D eigenvalue weighted by molar-refractivity contribution is -0.915. The predicted molar refractivity (Wildman–Crippen MR) is 195 cm³/mol. The number of hydrogen-bond donors (Lipinski definition) is 3. The zero-order valence-corrected chi connectivity index (χ0v) is 28.5. The highest BCUT2D eigenvalue weighted by Crippen LogP contribution is 2.17. The molecule has 0 radical (unpaired) electrons. The number of nitrogens with one attached hydrogen (secondary N) is 3. The van der Waals surface area contributed by atoms with Crippen LogP contribution in [0.2, 0.25) is 0 Å². The summed E-state index contributed by atoms with van der Waals surface area (Å²) in [5.74, 6) is -0.240. The third-order valence-electron chi connectivity index (χ3n) is 8.69. The Hall–Kier alpha value is -5.52. The van der Waals surface area contributed by atoms with Gasteiger partial charge < -0.3 is 34.3 Å². The van der Waals surface area contributed by atoms with Crippen molar-refractivity contribution < 1.29 is 23.6 Å². The summed E-state index contributed by atoms with van der Waals surface area (Å²) in [6, 6.07) is 20.9. The van der Waals surface area contributed by atoms with Crippen molar-refractivity contribution >= 4 is 52.5 Å². The van der Waals surface area contributed by atoms with E-state index in [4.69, 9.17) is 4.74 Å². The van der Waals surface area contributed by atoms with Gasteiger partial charge in [-0.3, -0.25) is 19.4 Å². The Morgan fingerprint density at radius 3 is 2.31 bits per heavy atom. The topological polar surface area (TPSA) is 119 Å². The fourth-order valence-corrected chi connectivity index (χ4v) is 5.55. The van der Waals surface area contributed by atoms with Gasteiger partial charge in [0.25, 0.3) is 11.8 Å². The molecule has 3 N–H and O–H groups in total. The number of hydrogen-bond acceptors (Lipinski definition) is 6. The summed E-state index contributed by atoms with van der Waals surface area (Å²) in [5, 5.41) is 9.95. The van der Waals surface area contributed by atoms with Crippen molar-refractivity contribution in [3.63, 3.8) is 0 Å². The van der Waals surface area contributed by atoms with Gasteiger partial charge in [-0.05, 0) is 47.5 Å². The minimum atomic E-state index is -0.220. The first-order valence-electron chi connectivity index (χ1n) is 16.3. The molecule has 1 aliphatic heterocycles. The minimum absolute atomic E-state index is 0.0196. The van der Waals surface area contributed by atoms with Crippen LogP contribution in [-0.2, 0) is 18.8 Å². The first kappa shape index (κ1) is 34.8. The number of anilines is 2. The van der Waals surface area contributed by atoms with E-state index < -0.39 is 0 Å². The molecule has 5 aromatic rings. The Bertz CT molecular complexity index is 1940. The van der Waals surface area contributed by atoms with E-state index in [0.717, 1.165) is 71.3 Å². The predicted octanol–water partition coefficient (Wildman–Crippen LogP) is 5.08. The minimum Gasteiger partial charge on any atom is -0.387 e. The molecular formula is C38H44N7O4+. The van der Waals surface area contributed by atoms with E-state index in [0.29, 0.717) is 29.2 Å². The zero-order chi connectivity index (χ0) is 34.8. The van der Waals surface area contributed by atoms with Crippen LogP contribution in [-0.4, -0.2) is 90.2 Å². The summed E-state index contributed by atoms with van der Waals surface area (Å²) in [6.45, 7) is 5.29. The molecule has 6 rings (SSSR count). The second kappa shape index (κ2) is 16.1. The van der Waals surface area contributed by atoms with Crippen molar-refractivity contribution in [1.82, 2.24) is 19.4 Å². The number of para-hydroxylation sites is 1. The normalized spacial score (nSPS) is 13.8. The molecule has 49 heavy (non-hydrogen) atoms. The number of pyridine rings is 1. The van der Waals surface area contributed by atoms with Gasteiger partial charge in [0.2, 0.25) is 0 Å². The molecule has 0 spiro atoms. The largest absolute Gasteiger partial charge is 0.387 e. The molecule has 1 fully saturated rings. The van der Waals surface area contributed by atoms with E-state index in [-0.39, 0.29) is 11.8 Å². The number of ether oxygens (including phenoxy) is 1. The lowest BCUT2D eigenvalue weighted by Gasteiger charge is -2.37. The smallest absolute Gasteiger partial charge is 0.268 e. The number of nitrogens with zero attached hydrogens (tertiary/aromatic N) is 4. The Morgan fingerprint density at radius 2 is 1.61 bits per heavy atom. The van der Waals surface area contributed by atoms with Gasteiger partial charge >= 0.3 is 0 Å². The number of amides is 2. The third-order valence-corrected chi connectivity index (χ3v) is 8.69. The van der Waals surface area contributed by atoms with Crippen molar-refractivity contribution in [3.05, 3.63) is 113 Å². The number of morpholine rings is 1. The van der Waals surface area contributed by atoms with E-state index in [9.17, 15) is 14.4 Å². The number of carbonyl (C=O) groups is 3. The highest BCUT2D eigenvalue weighted by molar-refractivity contribution is 6.04. The number of aldehydes is 1. The fourth-order valence-electron chi connectivity index (χ4n) is 5.55. The van der Waals surface area contributed by atoms with Gasteiger partial charge in [0.1, 0.15) is 18.8 Å². The number of fused-ring (bicyclic) bond motifs is 1. The van der Waals surface area contributed by atoms with Crippen LogP contribution < -0.4 is 16.0 Å². The Morgan fingerprint density at radius 1 is 0.898 bits per heavy atom. The van der Waals surface area contributed by atoms with E-state index in [1.54, 1.807) is 36.0 Å². The summed E-state index contributed by atoms with van der Waals surface area (Å²) < 4.78 is 9.85. The molecule has 4 heterocycles. The van der Waals surface area contributed by atoms with Crippen molar-refractivity contribution in [2.45, 2.75) is 0 Å². The summed E-state index contributed by atoms with van der Waals surface area (Å²) in [6.07, 6.45) is 10.2. The molecule has 0 bridgehead atoms. The van der Waals surface area contributed by atoms with Gasteiger partial charge in [0.15, 0.2) is 6.29 Å². The first-order valence-corrected chi connectivity index (χ1v) is 16.3. The van der Waals surface area contributed by atoms with Crippen molar-refractivity contribution in [1.29, 1.82) is 0 Å². The molecule has 1 saturated heterocycles. The van der Waals surface area contributed by atoms with Gasteiger partial charge in [-0.15, -0.1) is 0 Å². The maximum absolute atomic E-state index is 12.4. The van der Waals surface area contributed by atoms with Crippen LogP contribution in [0.15, 0.2) is 85.3 Å². The van der Waals surface area contributed by atoms with Crippen LogP contribution >= 0.6 is 0 Å². The summed E-state index contributed by atoms with van der Waals surface area (Å²) in [5.41, 5.74) is 6.24. The third kappa shape index (κ3) is 9.31. The van der Waals surface area contributed by atoms with Crippen LogP contribution in [0.1, 0.15) is 42.5 Å².